The summed E-state index contributed by atoms with van der Waals surface area (Å²) in [6.45, 7) is 0.211. The summed E-state index contributed by atoms with van der Waals surface area (Å²) in [6, 6.07) is 11.9. The lowest BCUT2D eigenvalue weighted by Crippen LogP contribution is -2.45. The molecule has 1 fully saturated rings. The number of anilines is 1. The van der Waals surface area contributed by atoms with Crippen LogP contribution in [0, 0.1) is 0 Å². The molecule has 206 valence electrons. The minimum atomic E-state index is -3.07. The number of ether oxygens (including phenoxy) is 1. The van der Waals surface area contributed by atoms with E-state index in [1.807, 2.05) is 31.2 Å². The molecule has 5 nitrogen and oxygen atoms in total. The molecule has 1 saturated heterocycles. The van der Waals surface area contributed by atoms with Crippen LogP contribution in [0.3, 0.4) is 0 Å². The van der Waals surface area contributed by atoms with Crippen molar-refractivity contribution in [3.05, 3.63) is 59.3 Å². The third-order valence-corrected chi connectivity index (χ3v) is 7.64. The number of para-hydroxylation sites is 1. The second kappa shape index (κ2) is 11.5. The van der Waals surface area contributed by atoms with E-state index in [1.54, 1.807) is 17.0 Å². The smallest absolute Gasteiger partial charge is 0.387 e. The molecule has 3 aromatic rings. The number of aromatic nitrogens is 1. The quantitative estimate of drug-likeness (QED) is 0.302. The van der Waals surface area contributed by atoms with E-state index in [0.29, 0.717) is 30.6 Å². The van der Waals surface area contributed by atoms with Crippen LogP contribution in [-0.2, 0) is 6.42 Å². The molecule has 0 radical (unpaired) electrons. The average Bonchev–Trinajstić information content (AvgIpc) is 3.47. The van der Waals surface area contributed by atoms with Crippen LogP contribution in [0.5, 0.6) is 5.75 Å². The Hall–Kier alpha value is -2.85. The highest BCUT2D eigenvalue weighted by Crippen LogP contribution is 2.44. The summed E-state index contributed by atoms with van der Waals surface area (Å²) in [6.07, 6.45) is -0.694. The number of likely N-dealkylation sites (tertiary alicyclic amines) is 1. The predicted octanol–water partition coefficient (Wildman–Crippen LogP) is 6.22. The number of H-pyrrole nitrogens is 1. The SMILES string of the molecule is C[C@@H]1Cc2c([nH]c3ccccc23)[C@@H](c2ccc(N[C@H]3CCN(CCCF)C3)cc2OC(F)F)N1CC(F)F. The summed E-state index contributed by atoms with van der Waals surface area (Å²) >= 11 is 0. The van der Waals surface area contributed by atoms with Crippen LogP contribution in [-0.4, -0.2) is 72.8 Å². The molecule has 5 rings (SSSR count). The first kappa shape index (κ1) is 26.7. The lowest BCUT2D eigenvalue weighted by atomic mass is 9.88. The summed E-state index contributed by atoms with van der Waals surface area (Å²) in [7, 11) is 0. The van der Waals surface area contributed by atoms with Crippen molar-refractivity contribution in [2.24, 2.45) is 0 Å². The summed E-state index contributed by atoms with van der Waals surface area (Å²) in [5.41, 5.74) is 3.63. The van der Waals surface area contributed by atoms with Crippen LogP contribution in [0.25, 0.3) is 10.9 Å². The fourth-order valence-corrected chi connectivity index (χ4v) is 6.01. The highest BCUT2D eigenvalue weighted by Gasteiger charge is 2.38. The topological polar surface area (TPSA) is 43.5 Å². The minimum absolute atomic E-state index is 0.0414. The van der Waals surface area contributed by atoms with E-state index in [1.165, 1.54) is 6.07 Å². The van der Waals surface area contributed by atoms with E-state index >= 15 is 0 Å². The molecule has 0 amide bonds. The van der Waals surface area contributed by atoms with Crippen molar-refractivity contribution < 1.29 is 26.7 Å². The Labute approximate surface area is 218 Å². The lowest BCUT2D eigenvalue weighted by molar-refractivity contribution is -0.0515. The number of halogens is 5. The summed E-state index contributed by atoms with van der Waals surface area (Å²) < 4.78 is 72.2. The molecule has 2 aliphatic heterocycles. The van der Waals surface area contributed by atoms with E-state index in [-0.39, 0.29) is 24.5 Å². The highest BCUT2D eigenvalue weighted by atomic mass is 19.3. The first-order chi connectivity index (χ1) is 18.3. The summed E-state index contributed by atoms with van der Waals surface area (Å²) in [5.74, 6) is -0.0414. The van der Waals surface area contributed by atoms with Gasteiger partial charge in [-0.2, -0.15) is 8.78 Å². The molecule has 0 aliphatic carbocycles. The molecule has 2 aromatic carbocycles. The zero-order valence-corrected chi connectivity index (χ0v) is 21.3. The highest BCUT2D eigenvalue weighted by molar-refractivity contribution is 5.85. The van der Waals surface area contributed by atoms with Crippen LogP contribution in [0.4, 0.5) is 27.6 Å². The molecular weight excluding hydrogens is 503 g/mol. The fraction of sp³-hybridized carbons (Fsp3) is 0.500. The predicted molar refractivity (Wildman–Crippen MR) is 138 cm³/mol. The molecule has 2 N–H and O–H groups in total. The van der Waals surface area contributed by atoms with E-state index in [9.17, 15) is 22.0 Å². The zero-order chi connectivity index (χ0) is 26.8. The number of rotatable bonds is 10. The number of aromatic amines is 1. The van der Waals surface area contributed by atoms with Crippen molar-refractivity contribution in [2.75, 3.05) is 38.2 Å². The van der Waals surface area contributed by atoms with Gasteiger partial charge in [0.05, 0.1) is 19.3 Å². The zero-order valence-electron chi connectivity index (χ0n) is 21.3. The molecule has 3 atom stereocenters. The van der Waals surface area contributed by atoms with E-state index in [4.69, 9.17) is 4.74 Å². The van der Waals surface area contributed by atoms with Crippen LogP contribution < -0.4 is 10.1 Å². The van der Waals surface area contributed by atoms with Crippen molar-refractivity contribution in [3.63, 3.8) is 0 Å². The van der Waals surface area contributed by atoms with Gasteiger partial charge in [0.1, 0.15) is 5.75 Å². The van der Waals surface area contributed by atoms with E-state index in [0.717, 1.165) is 41.7 Å². The Morgan fingerprint density at radius 3 is 2.71 bits per heavy atom. The minimum Gasteiger partial charge on any atom is -0.434 e. The molecule has 0 unspecified atom stereocenters. The van der Waals surface area contributed by atoms with Crippen molar-refractivity contribution >= 4 is 16.6 Å². The van der Waals surface area contributed by atoms with Gasteiger partial charge in [-0.15, -0.1) is 0 Å². The van der Waals surface area contributed by atoms with Crippen molar-refractivity contribution in [2.45, 2.75) is 57.3 Å². The maximum Gasteiger partial charge on any atom is 0.387 e. The second-order valence-electron chi connectivity index (χ2n) is 10.2. The van der Waals surface area contributed by atoms with Crippen molar-refractivity contribution in [3.8, 4) is 5.75 Å². The number of fused-ring (bicyclic) bond motifs is 3. The van der Waals surface area contributed by atoms with Crippen molar-refractivity contribution in [1.29, 1.82) is 0 Å². The van der Waals surface area contributed by atoms with Gasteiger partial charge in [0.15, 0.2) is 0 Å². The van der Waals surface area contributed by atoms with Crippen LogP contribution >= 0.6 is 0 Å². The Morgan fingerprint density at radius 2 is 1.95 bits per heavy atom. The molecule has 0 bridgehead atoms. The van der Waals surface area contributed by atoms with Gasteiger partial charge < -0.3 is 19.9 Å². The molecule has 3 heterocycles. The fourth-order valence-electron chi connectivity index (χ4n) is 6.01. The van der Waals surface area contributed by atoms with E-state index in [2.05, 4.69) is 15.2 Å². The Bertz CT molecular complexity index is 1240. The number of nitrogens with one attached hydrogen (secondary N) is 2. The lowest BCUT2D eigenvalue weighted by Gasteiger charge is -2.41. The molecule has 38 heavy (non-hydrogen) atoms. The maximum absolute atomic E-state index is 13.7. The summed E-state index contributed by atoms with van der Waals surface area (Å²) in [5, 5.41) is 4.39. The third kappa shape index (κ3) is 5.61. The molecule has 0 saturated carbocycles. The van der Waals surface area contributed by atoms with E-state index < -0.39 is 25.6 Å². The number of alkyl halides is 5. The van der Waals surface area contributed by atoms with Crippen molar-refractivity contribution in [1.82, 2.24) is 14.8 Å². The van der Waals surface area contributed by atoms with Crippen LogP contribution in [0.1, 0.15) is 42.6 Å². The van der Waals surface area contributed by atoms with Gasteiger partial charge in [0.2, 0.25) is 0 Å². The monoisotopic (exact) mass is 536 g/mol. The molecule has 2 aliphatic rings. The number of nitrogens with zero attached hydrogens (tertiary/aromatic N) is 2. The van der Waals surface area contributed by atoms with Gasteiger partial charge in [-0.3, -0.25) is 9.29 Å². The summed E-state index contributed by atoms with van der Waals surface area (Å²) in [4.78, 5) is 7.23. The Morgan fingerprint density at radius 1 is 1.13 bits per heavy atom. The van der Waals surface area contributed by atoms with Gasteiger partial charge in [-0.25, -0.2) is 8.78 Å². The van der Waals surface area contributed by atoms with Crippen LogP contribution in [0.15, 0.2) is 42.5 Å². The third-order valence-electron chi connectivity index (χ3n) is 7.64. The second-order valence-corrected chi connectivity index (χ2v) is 10.2. The number of hydrogen-bond donors (Lipinski definition) is 2. The molecule has 10 heteroatoms. The normalized spacial score (nSPS) is 22.5. The number of benzene rings is 2. The first-order valence-corrected chi connectivity index (χ1v) is 13.1. The molecule has 1 aromatic heterocycles. The Kier molecular flexibility index (Phi) is 8.09. The van der Waals surface area contributed by atoms with Gasteiger partial charge in [0.25, 0.3) is 6.43 Å². The molecule has 0 spiro atoms. The maximum atomic E-state index is 13.7. The van der Waals surface area contributed by atoms with Gasteiger partial charge in [0, 0.05) is 65.6 Å². The largest absolute Gasteiger partial charge is 0.434 e. The van der Waals surface area contributed by atoms with Gasteiger partial charge in [-0.1, -0.05) is 24.3 Å². The number of hydrogen-bond acceptors (Lipinski definition) is 4. The Balaban J connectivity index is 1.51. The van der Waals surface area contributed by atoms with Gasteiger partial charge in [-0.05, 0) is 43.9 Å². The standard InChI is InChI=1S/C28H33F5N4O/c1-17-13-22-20-5-2-3-6-23(20)35-26(22)27(37(17)16-25(30)31)21-8-7-18(14-24(21)38-28(32)33)34-19-9-12-36(15-19)11-4-10-29/h2-3,5-8,14,17,19,25,27-28,34-35H,4,9-13,15-16H2,1H3/t17-,19+,27-/m1/s1. The molecular formula is C28H33F5N4O. The average molecular weight is 537 g/mol. The van der Waals surface area contributed by atoms with Gasteiger partial charge >= 0.3 is 6.61 Å². The van der Waals surface area contributed by atoms with Crippen LogP contribution in [0.2, 0.25) is 0 Å². The first-order valence-electron chi connectivity index (χ1n) is 13.1.